The standard InChI is InChI=1S/C25H29N5O3S2/c1-3-4-5-17-6-8-20-22(14-17)35-25(26-20)28-24(34)27-23(31)19-15-18(30(32)33)7-9-21(19)29-12-10-16(2)11-13-29/h6-9,14-16H,3-5,10-13H2,1-2H3,(H2,26,27,28,31,34). The van der Waals surface area contributed by atoms with Gasteiger partial charge in [0.2, 0.25) is 0 Å². The Morgan fingerprint density at radius 2 is 2.03 bits per heavy atom. The molecular weight excluding hydrogens is 482 g/mol. The fourth-order valence-electron chi connectivity index (χ4n) is 4.20. The van der Waals surface area contributed by atoms with Gasteiger partial charge in [0.25, 0.3) is 11.6 Å². The van der Waals surface area contributed by atoms with E-state index in [9.17, 15) is 14.9 Å². The molecule has 10 heteroatoms. The van der Waals surface area contributed by atoms with E-state index in [0.717, 1.165) is 55.4 Å². The minimum Gasteiger partial charge on any atom is -0.371 e. The summed E-state index contributed by atoms with van der Waals surface area (Å²) >= 11 is 6.85. The Morgan fingerprint density at radius 3 is 2.74 bits per heavy atom. The maximum absolute atomic E-state index is 13.2. The number of rotatable bonds is 7. The molecule has 0 saturated carbocycles. The number of thiazole rings is 1. The molecule has 4 rings (SSSR count). The SMILES string of the molecule is CCCCc1ccc2nc(NC(=S)NC(=O)c3cc([N+](=O)[O-])ccc3N3CCC(C)CC3)sc2c1. The van der Waals surface area contributed by atoms with Crippen LogP contribution in [0.15, 0.2) is 36.4 Å². The zero-order chi connectivity index (χ0) is 24.9. The van der Waals surface area contributed by atoms with Gasteiger partial charge in [0, 0.05) is 25.2 Å². The molecule has 2 heterocycles. The lowest BCUT2D eigenvalue weighted by atomic mass is 9.98. The van der Waals surface area contributed by atoms with Crippen LogP contribution in [0.4, 0.5) is 16.5 Å². The number of carbonyl (C=O) groups is 1. The third-order valence-electron chi connectivity index (χ3n) is 6.28. The van der Waals surface area contributed by atoms with Gasteiger partial charge in [-0.2, -0.15) is 0 Å². The molecule has 1 amide bonds. The van der Waals surface area contributed by atoms with E-state index in [0.29, 0.717) is 16.7 Å². The molecule has 35 heavy (non-hydrogen) atoms. The van der Waals surface area contributed by atoms with E-state index in [2.05, 4.69) is 46.5 Å². The van der Waals surface area contributed by atoms with Gasteiger partial charge >= 0.3 is 0 Å². The normalized spacial score (nSPS) is 14.2. The van der Waals surface area contributed by atoms with Crippen molar-refractivity contribution in [1.29, 1.82) is 0 Å². The molecule has 1 fully saturated rings. The van der Waals surface area contributed by atoms with E-state index in [1.165, 1.54) is 29.0 Å². The number of hydrogen-bond acceptors (Lipinski definition) is 7. The van der Waals surface area contributed by atoms with Crippen LogP contribution in [0, 0.1) is 16.0 Å². The molecule has 0 spiro atoms. The lowest BCUT2D eigenvalue weighted by Crippen LogP contribution is -2.37. The highest BCUT2D eigenvalue weighted by atomic mass is 32.1. The van der Waals surface area contributed by atoms with E-state index in [1.54, 1.807) is 6.07 Å². The second-order valence-corrected chi connectivity index (χ2v) is 10.4. The second-order valence-electron chi connectivity index (χ2n) is 8.96. The molecule has 2 N–H and O–H groups in total. The molecule has 0 radical (unpaired) electrons. The monoisotopic (exact) mass is 511 g/mol. The van der Waals surface area contributed by atoms with Crippen molar-refractivity contribution in [3.05, 3.63) is 57.6 Å². The number of thiocarbonyl (C=S) groups is 1. The van der Waals surface area contributed by atoms with Crippen LogP contribution in [0.25, 0.3) is 10.2 Å². The quantitative estimate of drug-likeness (QED) is 0.231. The molecule has 8 nitrogen and oxygen atoms in total. The van der Waals surface area contributed by atoms with Crippen LogP contribution in [0.1, 0.15) is 55.5 Å². The van der Waals surface area contributed by atoms with E-state index in [-0.39, 0.29) is 16.4 Å². The van der Waals surface area contributed by atoms with Crippen molar-refractivity contribution >= 4 is 61.3 Å². The first kappa shape index (κ1) is 25.0. The Bertz CT molecular complexity index is 1250. The number of carbonyl (C=O) groups excluding carboxylic acids is 1. The molecule has 3 aromatic rings. The number of benzene rings is 2. The molecule has 0 unspecified atom stereocenters. The fourth-order valence-corrected chi connectivity index (χ4v) is 5.39. The fraction of sp³-hybridized carbons (Fsp3) is 0.400. The number of amides is 1. The largest absolute Gasteiger partial charge is 0.371 e. The Labute approximate surface area is 213 Å². The Morgan fingerprint density at radius 1 is 1.26 bits per heavy atom. The van der Waals surface area contributed by atoms with Crippen molar-refractivity contribution in [2.45, 2.75) is 46.0 Å². The number of nitro groups is 1. The summed E-state index contributed by atoms with van der Waals surface area (Å²) in [5, 5.41) is 17.7. The summed E-state index contributed by atoms with van der Waals surface area (Å²) in [4.78, 5) is 30.7. The maximum Gasteiger partial charge on any atom is 0.270 e. The summed E-state index contributed by atoms with van der Waals surface area (Å²) in [6.45, 7) is 5.98. The average molecular weight is 512 g/mol. The smallest absolute Gasteiger partial charge is 0.270 e. The Hall–Kier alpha value is -3.11. The van der Waals surface area contributed by atoms with Crippen LogP contribution in [0.3, 0.4) is 0 Å². The number of aromatic nitrogens is 1. The van der Waals surface area contributed by atoms with Crippen LogP contribution < -0.4 is 15.5 Å². The van der Waals surface area contributed by atoms with Gasteiger partial charge in [-0.15, -0.1) is 0 Å². The number of piperidine rings is 1. The second kappa shape index (κ2) is 11.1. The molecule has 0 aliphatic carbocycles. The van der Waals surface area contributed by atoms with Crippen molar-refractivity contribution in [3.63, 3.8) is 0 Å². The zero-order valence-electron chi connectivity index (χ0n) is 19.9. The number of nitrogens with one attached hydrogen (secondary N) is 2. The number of aryl methyl sites for hydroxylation is 1. The lowest BCUT2D eigenvalue weighted by Gasteiger charge is -2.33. The van der Waals surface area contributed by atoms with Gasteiger partial charge in [-0.3, -0.25) is 20.2 Å². The summed E-state index contributed by atoms with van der Waals surface area (Å²) in [6, 6.07) is 10.6. The first-order valence-corrected chi connectivity index (χ1v) is 13.1. The number of anilines is 2. The zero-order valence-corrected chi connectivity index (χ0v) is 21.5. The summed E-state index contributed by atoms with van der Waals surface area (Å²) < 4.78 is 1.05. The van der Waals surface area contributed by atoms with Gasteiger partial charge in [0.1, 0.15) is 0 Å². The van der Waals surface area contributed by atoms with Crippen molar-refractivity contribution in [1.82, 2.24) is 10.3 Å². The summed E-state index contributed by atoms with van der Waals surface area (Å²) in [5.74, 6) is 0.137. The number of non-ortho nitro benzene ring substituents is 1. The third-order valence-corrected chi connectivity index (χ3v) is 7.42. The lowest BCUT2D eigenvalue weighted by molar-refractivity contribution is -0.384. The highest BCUT2D eigenvalue weighted by molar-refractivity contribution is 7.80. The van der Waals surface area contributed by atoms with Gasteiger partial charge in [0.05, 0.1) is 26.4 Å². The maximum atomic E-state index is 13.2. The topological polar surface area (TPSA) is 100 Å². The van der Waals surface area contributed by atoms with Gasteiger partial charge in [-0.25, -0.2) is 4.98 Å². The van der Waals surface area contributed by atoms with Crippen molar-refractivity contribution in [2.75, 3.05) is 23.3 Å². The van der Waals surface area contributed by atoms with Crippen LogP contribution >= 0.6 is 23.6 Å². The van der Waals surface area contributed by atoms with Gasteiger partial charge in [-0.1, -0.05) is 37.7 Å². The molecule has 1 aliphatic heterocycles. The summed E-state index contributed by atoms with van der Waals surface area (Å²) in [6.07, 6.45) is 5.33. The first-order chi connectivity index (χ1) is 16.8. The minimum atomic E-state index is -0.495. The van der Waals surface area contributed by atoms with Crippen molar-refractivity contribution in [2.24, 2.45) is 5.92 Å². The predicted molar refractivity (Wildman–Crippen MR) is 146 cm³/mol. The molecule has 184 valence electrons. The third kappa shape index (κ3) is 6.12. The first-order valence-electron chi connectivity index (χ1n) is 11.9. The number of unbranched alkanes of at least 4 members (excludes halogenated alkanes) is 1. The van der Waals surface area contributed by atoms with Crippen molar-refractivity contribution in [3.8, 4) is 0 Å². The minimum absolute atomic E-state index is 0.102. The molecule has 1 aliphatic rings. The molecule has 1 saturated heterocycles. The van der Waals surface area contributed by atoms with Crippen LogP contribution in [-0.4, -0.2) is 34.0 Å². The highest BCUT2D eigenvalue weighted by Crippen LogP contribution is 2.30. The molecule has 0 bridgehead atoms. The molecule has 1 aromatic heterocycles. The molecule has 0 atom stereocenters. The molecular formula is C25H29N5O3S2. The van der Waals surface area contributed by atoms with Crippen LogP contribution in [0.2, 0.25) is 0 Å². The summed E-state index contributed by atoms with van der Waals surface area (Å²) in [7, 11) is 0. The van der Waals surface area contributed by atoms with Crippen LogP contribution in [-0.2, 0) is 6.42 Å². The highest BCUT2D eigenvalue weighted by Gasteiger charge is 2.24. The number of hydrogen-bond donors (Lipinski definition) is 2. The van der Waals surface area contributed by atoms with Gasteiger partial charge < -0.3 is 10.2 Å². The van der Waals surface area contributed by atoms with E-state index in [4.69, 9.17) is 12.2 Å². The molecule has 2 aromatic carbocycles. The average Bonchev–Trinajstić information content (AvgIpc) is 3.24. The Kier molecular flexibility index (Phi) is 7.92. The number of fused-ring (bicyclic) bond motifs is 1. The Balaban J connectivity index is 1.49. The van der Waals surface area contributed by atoms with Gasteiger partial charge in [0.15, 0.2) is 10.2 Å². The number of nitrogens with zero attached hydrogens (tertiary/aromatic N) is 3. The van der Waals surface area contributed by atoms with E-state index in [1.807, 2.05) is 6.07 Å². The predicted octanol–water partition coefficient (Wildman–Crippen LogP) is 5.91. The van der Waals surface area contributed by atoms with Crippen molar-refractivity contribution < 1.29 is 9.72 Å². The van der Waals surface area contributed by atoms with Gasteiger partial charge in [-0.05, 0) is 67.6 Å². The van der Waals surface area contributed by atoms with Crippen LogP contribution in [0.5, 0.6) is 0 Å². The number of nitro benzene ring substituents is 1. The van der Waals surface area contributed by atoms with E-state index < -0.39 is 10.8 Å². The van der Waals surface area contributed by atoms with E-state index >= 15 is 0 Å². The summed E-state index contributed by atoms with van der Waals surface area (Å²) in [5.41, 5.74) is 2.93.